The lowest BCUT2D eigenvalue weighted by atomic mass is 10.2. The van der Waals surface area contributed by atoms with Gasteiger partial charge in [-0.25, -0.2) is 9.48 Å². The predicted octanol–water partition coefficient (Wildman–Crippen LogP) is 2.70. The molecule has 0 radical (unpaired) electrons. The van der Waals surface area contributed by atoms with Crippen molar-refractivity contribution < 1.29 is 23.1 Å². The minimum atomic E-state index is -4.88. The Morgan fingerprint density at radius 1 is 1.35 bits per heavy atom. The summed E-state index contributed by atoms with van der Waals surface area (Å²) >= 11 is 5.85. The molecular formula is C11H7ClF3N3O2. The van der Waals surface area contributed by atoms with Gasteiger partial charge in [0.1, 0.15) is 0 Å². The lowest BCUT2D eigenvalue weighted by Crippen LogP contribution is -2.19. The number of carboxylic acid groups (broad SMARTS) is 1. The van der Waals surface area contributed by atoms with Crippen molar-refractivity contribution in [1.29, 1.82) is 0 Å². The Bertz CT molecular complexity index is 655. The first-order valence-electron chi connectivity index (χ1n) is 5.28. The van der Waals surface area contributed by atoms with Crippen LogP contribution in [0.2, 0.25) is 5.02 Å². The molecule has 9 heteroatoms. The fourth-order valence-corrected chi connectivity index (χ4v) is 1.83. The highest BCUT2D eigenvalue weighted by molar-refractivity contribution is 6.31. The number of halogens is 4. The SMILES string of the molecule is O=C(O)c1nnn(Cc2ccccc2Cl)c1C(F)(F)F. The Kier molecular flexibility index (Phi) is 3.67. The molecule has 20 heavy (non-hydrogen) atoms. The zero-order valence-electron chi connectivity index (χ0n) is 9.73. The van der Waals surface area contributed by atoms with E-state index in [2.05, 4.69) is 10.3 Å². The normalized spacial score (nSPS) is 11.6. The summed E-state index contributed by atoms with van der Waals surface area (Å²) in [5.41, 5.74) is -2.17. The topological polar surface area (TPSA) is 68.0 Å². The molecule has 5 nitrogen and oxygen atoms in total. The molecule has 1 heterocycles. The molecule has 0 aliphatic carbocycles. The molecule has 0 unspecified atom stereocenters. The fourth-order valence-electron chi connectivity index (χ4n) is 1.64. The van der Waals surface area contributed by atoms with Crippen LogP contribution in [0, 0.1) is 0 Å². The maximum atomic E-state index is 12.9. The van der Waals surface area contributed by atoms with Crippen LogP contribution in [0.5, 0.6) is 0 Å². The quantitative estimate of drug-likeness (QED) is 0.946. The maximum absolute atomic E-state index is 12.9. The molecule has 0 bridgehead atoms. The van der Waals surface area contributed by atoms with Gasteiger partial charge in [-0.3, -0.25) is 0 Å². The summed E-state index contributed by atoms with van der Waals surface area (Å²) in [6, 6.07) is 6.26. The highest BCUT2D eigenvalue weighted by atomic mass is 35.5. The van der Waals surface area contributed by atoms with Gasteiger partial charge in [0.25, 0.3) is 0 Å². The van der Waals surface area contributed by atoms with Crippen LogP contribution in [-0.2, 0) is 12.7 Å². The number of hydrogen-bond donors (Lipinski definition) is 1. The van der Waals surface area contributed by atoms with E-state index in [0.717, 1.165) is 0 Å². The second kappa shape index (κ2) is 5.12. The van der Waals surface area contributed by atoms with E-state index in [1.165, 1.54) is 12.1 Å². The monoisotopic (exact) mass is 305 g/mol. The van der Waals surface area contributed by atoms with E-state index in [9.17, 15) is 18.0 Å². The Morgan fingerprint density at radius 2 is 2.00 bits per heavy atom. The minimum absolute atomic E-state index is 0.257. The van der Waals surface area contributed by atoms with E-state index < -0.39 is 23.5 Å². The first-order valence-corrected chi connectivity index (χ1v) is 5.66. The van der Waals surface area contributed by atoms with Gasteiger partial charge in [-0.2, -0.15) is 13.2 Å². The Labute approximate surface area is 115 Å². The summed E-state index contributed by atoms with van der Waals surface area (Å²) in [4.78, 5) is 10.8. The molecular weight excluding hydrogens is 299 g/mol. The van der Waals surface area contributed by atoms with Crippen LogP contribution in [0.3, 0.4) is 0 Å². The highest BCUT2D eigenvalue weighted by Crippen LogP contribution is 2.31. The fraction of sp³-hybridized carbons (Fsp3) is 0.182. The number of aromatic carboxylic acids is 1. The summed E-state index contributed by atoms with van der Waals surface area (Å²) < 4.78 is 39.2. The average Bonchev–Trinajstić information content (AvgIpc) is 2.76. The summed E-state index contributed by atoms with van der Waals surface area (Å²) in [7, 11) is 0. The summed E-state index contributed by atoms with van der Waals surface area (Å²) in [5, 5.41) is 15.3. The van der Waals surface area contributed by atoms with E-state index in [1.54, 1.807) is 12.1 Å². The van der Waals surface area contributed by atoms with Gasteiger partial charge >= 0.3 is 12.1 Å². The van der Waals surface area contributed by atoms with Gasteiger partial charge in [-0.05, 0) is 11.6 Å². The number of carbonyl (C=O) groups is 1. The van der Waals surface area contributed by atoms with Crippen LogP contribution in [0.1, 0.15) is 21.7 Å². The highest BCUT2D eigenvalue weighted by Gasteiger charge is 2.41. The largest absolute Gasteiger partial charge is 0.476 e. The van der Waals surface area contributed by atoms with E-state index in [0.29, 0.717) is 10.2 Å². The number of benzene rings is 1. The van der Waals surface area contributed by atoms with Crippen molar-refractivity contribution in [2.75, 3.05) is 0 Å². The number of rotatable bonds is 3. The van der Waals surface area contributed by atoms with Gasteiger partial charge in [0.05, 0.1) is 6.54 Å². The van der Waals surface area contributed by atoms with Gasteiger partial charge in [0, 0.05) is 5.02 Å². The Morgan fingerprint density at radius 3 is 2.55 bits per heavy atom. The summed E-state index contributed by atoms with van der Waals surface area (Å²) in [6.07, 6.45) is -4.88. The van der Waals surface area contributed by atoms with Crippen molar-refractivity contribution in [2.45, 2.75) is 12.7 Å². The van der Waals surface area contributed by atoms with Crippen LogP contribution in [0.25, 0.3) is 0 Å². The number of nitrogens with zero attached hydrogens (tertiary/aromatic N) is 3. The second-order valence-electron chi connectivity index (χ2n) is 3.84. The minimum Gasteiger partial charge on any atom is -0.476 e. The van der Waals surface area contributed by atoms with Crippen LogP contribution < -0.4 is 0 Å². The second-order valence-corrected chi connectivity index (χ2v) is 4.25. The molecule has 0 amide bonds. The predicted molar refractivity (Wildman–Crippen MR) is 62.5 cm³/mol. The van der Waals surface area contributed by atoms with E-state index >= 15 is 0 Å². The van der Waals surface area contributed by atoms with Gasteiger partial charge in [0.2, 0.25) is 5.69 Å². The zero-order chi connectivity index (χ0) is 14.9. The van der Waals surface area contributed by atoms with Crippen LogP contribution in [-0.4, -0.2) is 26.1 Å². The molecule has 1 aromatic carbocycles. The number of carboxylic acids is 1. The smallest absolute Gasteiger partial charge is 0.435 e. The van der Waals surface area contributed by atoms with Crippen LogP contribution in [0.4, 0.5) is 13.2 Å². The van der Waals surface area contributed by atoms with Gasteiger partial charge in [-0.15, -0.1) is 5.10 Å². The molecule has 0 saturated heterocycles. The van der Waals surface area contributed by atoms with E-state index in [1.807, 2.05) is 0 Å². The third kappa shape index (κ3) is 2.74. The summed E-state index contributed by atoms with van der Waals surface area (Å²) in [5.74, 6) is -1.79. The molecule has 0 aliphatic heterocycles. The van der Waals surface area contributed by atoms with Gasteiger partial charge in [-0.1, -0.05) is 35.0 Å². The number of hydrogen-bond acceptors (Lipinski definition) is 3. The van der Waals surface area contributed by atoms with Crippen molar-refractivity contribution >= 4 is 17.6 Å². The lowest BCUT2D eigenvalue weighted by Gasteiger charge is -2.10. The molecule has 2 rings (SSSR count). The molecule has 2 aromatic rings. The van der Waals surface area contributed by atoms with Crippen molar-refractivity contribution in [3.63, 3.8) is 0 Å². The molecule has 0 saturated carbocycles. The molecule has 0 aliphatic rings. The third-order valence-corrected chi connectivity index (χ3v) is 2.85. The average molecular weight is 306 g/mol. The van der Waals surface area contributed by atoms with E-state index in [4.69, 9.17) is 16.7 Å². The molecule has 0 fully saturated rings. The Hall–Kier alpha value is -2.09. The van der Waals surface area contributed by atoms with E-state index in [-0.39, 0.29) is 11.6 Å². The summed E-state index contributed by atoms with van der Waals surface area (Å²) in [6.45, 7) is -0.325. The van der Waals surface area contributed by atoms with Gasteiger partial charge in [0.15, 0.2) is 5.69 Å². The van der Waals surface area contributed by atoms with Crippen molar-refractivity contribution in [2.24, 2.45) is 0 Å². The number of aromatic nitrogens is 3. The standard InChI is InChI=1S/C11H7ClF3N3O2/c12-7-4-2-1-3-6(7)5-18-9(11(13,14)15)8(10(19)20)16-17-18/h1-4H,5H2,(H,19,20). The number of alkyl halides is 3. The first-order chi connectivity index (χ1) is 9.30. The zero-order valence-corrected chi connectivity index (χ0v) is 10.5. The maximum Gasteiger partial charge on any atom is 0.435 e. The molecule has 0 atom stereocenters. The molecule has 1 aromatic heterocycles. The molecule has 0 spiro atoms. The van der Waals surface area contributed by atoms with Crippen LogP contribution in [0.15, 0.2) is 24.3 Å². The molecule has 106 valence electrons. The Balaban J connectivity index is 2.48. The van der Waals surface area contributed by atoms with Crippen molar-refractivity contribution in [3.8, 4) is 0 Å². The molecule has 1 N–H and O–H groups in total. The lowest BCUT2D eigenvalue weighted by molar-refractivity contribution is -0.144. The van der Waals surface area contributed by atoms with Gasteiger partial charge < -0.3 is 5.11 Å². The van der Waals surface area contributed by atoms with Crippen LogP contribution >= 0.6 is 11.6 Å². The first kappa shape index (κ1) is 14.3. The van der Waals surface area contributed by atoms with Crippen molar-refractivity contribution in [1.82, 2.24) is 15.0 Å². The van der Waals surface area contributed by atoms with Crippen molar-refractivity contribution in [3.05, 3.63) is 46.2 Å². The third-order valence-electron chi connectivity index (χ3n) is 2.48.